The van der Waals surface area contributed by atoms with Crippen molar-refractivity contribution in [2.75, 3.05) is 14.7 Å². The van der Waals surface area contributed by atoms with Crippen molar-refractivity contribution in [1.82, 2.24) is 4.98 Å². The molecule has 65 heavy (non-hydrogen) atoms. The summed E-state index contributed by atoms with van der Waals surface area (Å²) >= 11 is 0. The Balaban J connectivity index is 1.46. The molecule has 0 unspecified atom stereocenters. The second-order valence-electron chi connectivity index (χ2n) is 23.6. The first-order valence-corrected chi connectivity index (χ1v) is 23.5. The number of rotatable bonds is 5. The normalized spacial score (nSPS) is 14.0. The SMILES string of the molecule is CC(C)(C)c1ccc(N2c3ccc(C(C)(C)C)cc3B3c4nc(C(C)(C)C)oc4N(c4cc(C(C)(C)C)cc(C(C)(C)C)c4)c4cc(N(c5ccccc5)c5ccccc5)cc2c43)cc1. The second-order valence-corrected chi connectivity index (χ2v) is 23.6. The minimum absolute atomic E-state index is 0.0120. The summed E-state index contributed by atoms with van der Waals surface area (Å²) in [6, 6.07) is 49.9. The molecule has 6 aromatic carbocycles. The molecule has 2 aliphatic rings. The van der Waals surface area contributed by atoms with E-state index in [1.165, 1.54) is 33.2 Å². The lowest BCUT2D eigenvalue weighted by Gasteiger charge is -2.43. The van der Waals surface area contributed by atoms with E-state index in [9.17, 15) is 0 Å². The van der Waals surface area contributed by atoms with Crippen molar-refractivity contribution in [3.8, 4) is 0 Å². The molecule has 7 aromatic rings. The second kappa shape index (κ2) is 15.3. The van der Waals surface area contributed by atoms with Gasteiger partial charge in [0.2, 0.25) is 11.8 Å². The summed E-state index contributed by atoms with van der Waals surface area (Å²) in [5.41, 5.74) is 16.7. The van der Waals surface area contributed by atoms with E-state index in [4.69, 9.17) is 9.40 Å². The van der Waals surface area contributed by atoms with Gasteiger partial charge in [0.1, 0.15) is 0 Å². The van der Waals surface area contributed by atoms with Crippen LogP contribution in [-0.4, -0.2) is 11.7 Å². The molecule has 2 aliphatic heterocycles. The standard InChI is InChI=1S/C59H67BN4O/c1-55(2,3)38-26-29-44(30-27-38)63-48-31-28-39(56(4,5)6)35-47(48)60-51-49(63)36-46(62(42-22-18-16-19-23-42)43-24-20-17-21-25-43)37-50(51)64(53-52(60)61-54(65-53)59(13,14)15)45-33-40(57(7,8)9)32-41(34-45)58(10,11)12/h16-37H,1-15H3. The van der Waals surface area contributed by atoms with Crippen molar-refractivity contribution in [2.45, 2.75) is 131 Å². The van der Waals surface area contributed by atoms with Crippen molar-refractivity contribution in [3.63, 3.8) is 0 Å². The Labute approximate surface area is 389 Å². The maximum Gasteiger partial charge on any atom is 0.279 e. The molecule has 332 valence electrons. The fourth-order valence-electron chi connectivity index (χ4n) is 9.38. The average Bonchev–Trinajstić information content (AvgIpc) is 3.69. The largest absolute Gasteiger partial charge is 0.424 e. The molecule has 0 spiro atoms. The lowest BCUT2D eigenvalue weighted by atomic mass is 9.35. The number of nitrogens with zero attached hydrogens (tertiary/aromatic N) is 4. The summed E-state index contributed by atoms with van der Waals surface area (Å²) in [7, 11) is 0. The zero-order valence-electron chi connectivity index (χ0n) is 41.5. The van der Waals surface area contributed by atoms with E-state index in [2.05, 4.69) is 252 Å². The minimum atomic E-state index is -0.337. The predicted octanol–water partition coefficient (Wildman–Crippen LogP) is 14.7. The van der Waals surface area contributed by atoms with Gasteiger partial charge in [0.05, 0.1) is 11.3 Å². The molecular formula is C59H67BN4O. The molecule has 1 aromatic heterocycles. The Hall–Kier alpha value is -6.01. The smallest absolute Gasteiger partial charge is 0.279 e. The molecular weight excluding hydrogens is 791 g/mol. The van der Waals surface area contributed by atoms with Crippen LogP contribution in [0.1, 0.15) is 132 Å². The van der Waals surface area contributed by atoms with Crippen LogP contribution in [0, 0.1) is 0 Å². The summed E-state index contributed by atoms with van der Waals surface area (Å²) in [6.45, 7) is 34.1. The van der Waals surface area contributed by atoms with Crippen molar-refractivity contribution in [1.29, 1.82) is 0 Å². The van der Waals surface area contributed by atoms with Gasteiger partial charge in [0, 0.05) is 45.2 Å². The molecule has 6 heteroatoms. The number of para-hydroxylation sites is 2. The molecule has 5 nitrogen and oxygen atoms in total. The quantitative estimate of drug-likeness (QED) is 0.161. The van der Waals surface area contributed by atoms with Gasteiger partial charge in [-0.3, -0.25) is 4.90 Å². The highest BCUT2D eigenvalue weighted by Crippen LogP contribution is 2.50. The van der Waals surface area contributed by atoms with Crippen LogP contribution in [0.25, 0.3) is 0 Å². The van der Waals surface area contributed by atoms with Crippen molar-refractivity contribution < 1.29 is 4.42 Å². The average molecular weight is 859 g/mol. The van der Waals surface area contributed by atoms with Crippen LogP contribution >= 0.6 is 0 Å². The first-order chi connectivity index (χ1) is 30.4. The molecule has 3 heterocycles. The van der Waals surface area contributed by atoms with Crippen LogP contribution in [0.5, 0.6) is 0 Å². The summed E-state index contributed by atoms with van der Waals surface area (Å²) < 4.78 is 7.27. The summed E-state index contributed by atoms with van der Waals surface area (Å²) in [5, 5.41) is 0. The number of aromatic nitrogens is 1. The lowest BCUT2D eigenvalue weighted by molar-refractivity contribution is 0.397. The van der Waals surface area contributed by atoms with Crippen molar-refractivity contribution in [2.24, 2.45) is 0 Å². The zero-order chi connectivity index (χ0) is 46.6. The first kappa shape index (κ1) is 44.2. The minimum Gasteiger partial charge on any atom is -0.424 e. The molecule has 0 saturated heterocycles. The van der Waals surface area contributed by atoms with E-state index < -0.39 is 0 Å². The third-order valence-corrected chi connectivity index (χ3v) is 13.3. The number of benzene rings is 6. The number of fused-ring (bicyclic) bond motifs is 4. The molecule has 0 aliphatic carbocycles. The summed E-state index contributed by atoms with van der Waals surface area (Å²) in [6.07, 6.45) is 0. The van der Waals surface area contributed by atoms with Gasteiger partial charge in [-0.1, -0.05) is 171 Å². The van der Waals surface area contributed by atoms with E-state index >= 15 is 0 Å². The number of anilines is 9. The zero-order valence-corrected chi connectivity index (χ0v) is 41.5. The Morgan fingerprint density at radius 2 is 0.923 bits per heavy atom. The van der Waals surface area contributed by atoms with Gasteiger partial charge >= 0.3 is 0 Å². The van der Waals surface area contributed by atoms with Crippen LogP contribution in [-0.2, 0) is 27.1 Å². The third-order valence-electron chi connectivity index (χ3n) is 13.3. The highest BCUT2D eigenvalue weighted by molar-refractivity contribution is 6.99. The van der Waals surface area contributed by atoms with Gasteiger partial charge in [-0.05, 0) is 122 Å². The van der Waals surface area contributed by atoms with E-state index in [1.807, 2.05) is 0 Å². The molecule has 0 fully saturated rings. The van der Waals surface area contributed by atoms with Crippen LogP contribution in [0.15, 0.2) is 138 Å². The van der Waals surface area contributed by atoms with Crippen LogP contribution in [0.3, 0.4) is 0 Å². The topological polar surface area (TPSA) is 35.8 Å². The number of hydrogen-bond donors (Lipinski definition) is 0. The van der Waals surface area contributed by atoms with Gasteiger partial charge < -0.3 is 14.2 Å². The van der Waals surface area contributed by atoms with Crippen LogP contribution in [0.4, 0.5) is 51.4 Å². The molecule has 0 N–H and O–H groups in total. The Morgan fingerprint density at radius 1 is 0.431 bits per heavy atom. The van der Waals surface area contributed by atoms with Gasteiger partial charge in [-0.2, -0.15) is 0 Å². The van der Waals surface area contributed by atoms with Crippen LogP contribution < -0.4 is 31.2 Å². The van der Waals surface area contributed by atoms with Crippen LogP contribution in [0.2, 0.25) is 0 Å². The predicted molar refractivity (Wildman–Crippen MR) is 279 cm³/mol. The number of hydrogen-bond acceptors (Lipinski definition) is 5. The highest BCUT2D eigenvalue weighted by Gasteiger charge is 2.48. The van der Waals surface area contributed by atoms with E-state index in [0.29, 0.717) is 0 Å². The fourth-order valence-corrected chi connectivity index (χ4v) is 9.38. The summed E-state index contributed by atoms with van der Waals surface area (Å²) in [5.74, 6) is 1.51. The van der Waals surface area contributed by atoms with Gasteiger partial charge in [0.25, 0.3) is 6.71 Å². The van der Waals surface area contributed by atoms with E-state index in [1.54, 1.807) is 0 Å². The molecule has 0 atom stereocenters. The Kier molecular flexibility index (Phi) is 10.4. The Morgan fingerprint density at radius 3 is 1.42 bits per heavy atom. The summed E-state index contributed by atoms with van der Waals surface area (Å²) in [4.78, 5) is 12.9. The molecule has 9 rings (SSSR count). The first-order valence-electron chi connectivity index (χ1n) is 23.5. The molecule has 0 bridgehead atoms. The van der Waals surface area contributed by atoms with E-state index in [0.717, 1.165) is 62.9 Å². The maximum absolute atomic E-state index is 7.27. The van der Waals surface area contributed by atoms with Crippen molar-refractivity contribution in [3.05, 3.63) is 162 Å². The van der Waals surface area contributed by atoms with Crippen molar-refractivity contribution >= 4 is 74.6 Å². The van der Waals surface area contributed by atoms with E-state index in [-0.39, 0.29) is 33.8 Å². The molecule has 0 amide bonds. The monoisotopic (exact) mass is 859 g/mol. The van der Waals surface area contributed by atoms with Gasteiger partial charge in [0.15, 0.2) is 0 Å². The third kappa shape index (κ3) is 7.98. The maximum atomic E-state index is 7.27. The highest BCUT2D eigenvalue weighted by atomic mass is 16.4. The lowest BCUT2D eigenvalue weighted by Crippen LogP contribution is -2.62. The van der Waals surface area contributed by atoms with Gasteiger partial charge in [-0.25, -0.2) is 4.98 Å². The van der Waals surface area contributed by atoms with Gasteiger partial charge in [-0.15, -0.1) is 0 Å². The number of oxazole rings is 1. The molecule has 0 saturated carbocycles. The Bertz CT molecular complexity index is 2820. The fraction of sp³-hybridized carbons (Fsp3) is 0.339. The molecule has 0 radical (unpaired) electrons.